The minimum absolute atomic E-state index is 0.0154. The van der Waals surface area contributed by atoms with Crippen molar-refractivity contribution in [2.24, 2.45) is 5.14 Å². The molecular weight excluding hydrogens is 450 g/mol. The molecule has 0 atom stereocenters. The predicted molar refractivity (Wildman–Crippen MR) is 124 cm³/mol. The average molecular weight is 480 g/mol. The maximum Gasteiger partial charge on any atom is 0.407 e. The molecule has 0 saturated carbocycles. The summed E-state index contributed by atoms with van der Waals surface area (Å²) in [6.07, 6.45) is 0.546. The van der Waals surface area contributed by atoms with Gasteiger partial charge >= 0.3 is 12.1 Å². The van der Waals surface area contributed by atoms with E-state index in [2.05, 4.69) is 25.9 Å². The number of benzene rings is 1. The lowest BCUT2D eigenvalue weighted by Crippen LogP contribution is -2.34. The van der Waals surface area contributed by atoms with Crippen molar-refractivity contribution in [3.63, 3.8) is 0 Å². The van der Waals surface area contributed by atoms with Crippen molar-refractivity contribution in [3.8, 4) is 6.01 Å². The highest BCUT2D eigenvalue weighted by Gasteiger charge is 2.16. The van der Waals surface area contributed by atoms with Gasteiger partial charge in [0.15, 0.2) is 0 Å². The Labute approximate surface area is 192 Å². The second kappa shape index (κ2) is 10.9. The number of primary sulfonamides is 1. The number of nitrogens with two attached hydrogens (primary N) is 1. The van der Waals surface area contributed by atoms with E-state index in [1.165, 1.54) is 12.1 Å². The van der Waals surface area contributed by atoms with Crippen molar-refractivity contribution in [2.75, 3.05) is 30.8 Å². The molecule has 13 heteroatoms. The zero-order chi connectivity index (χ0) is 24.6. The first kappa shape index (κ1) is 25.8. The molecule has 0 aliphatic rings. The number of anilines is 2. The van der Waals surface area contributed by atoms with Gasteiger partial charge in [-0.15, -0.1) is 0 Å². The van der Waals surface area contributed by atoms with Gasteiger partial charge in [0.2, 0.25) is 10.0 Å². The number of amides is 1. The third-order valence-electron chi connectivity index (χ3n) is 4.02. The first-order valence-corrected chi connectivity index (χ1v) is 11.5. The second-order valence-electron chi connectivity index (χ2n) is 7.83. The molecular formula is C20H29N7O5S. The van der Waals surface area contributed by atoms with Gasteiger partial charge in [-0.05, 0) is 38.5 Å². The third-order valence-corrected chi connectivity index (χ3v) is 4.95. The summed E-state index contributed by atoms with van der Waals surface area (Å²) in [6, 6.07) is 6.11. The number of carbonyl (C=O) groups is 1. The summed E-state index contributed by atoms with van der Waals surface area (Å²) in [5, 5.41) is 21.4. The molecule has 1 heterocycles. The quantitative estimate of drug-likeness (QED) is 0.250. The van der Waals surface area contributed by atoms with E-state index >= 15 is 0 Å². The molecule has 180 valence electrons. The summed E-state index contributed by atoms with van der Waals surface area (Å²) < 4.78 is 33.5. The van der Waals surface area contributed by atoms with E-state index in [9.17, 15) is 13.2 Å². The molecule has 2 aromatic rings. The summed E-state index contributed by atoms with van der Waals surface area (Å²) in [7, 11) is -2.12. The molecule has 6 N–H and O–H groups in total. The van der Waals surface area contributed by atoms with Gasteiger partial charge in [0, 0.05) is 19.8 Å². The van der Waals surface area contributed by atoms with Crippen molar-refractivity contribution in [1.82, 2.24) is 15.3 Å². The number of sulfonamides is 1. The van der Waals surface area contributed by atoms with E-state index in [0.29, 0.717) is 23.7 Å². The Morgan fingerprint density at radius 1 is 1.18 bits per heavy atom. The molecule has 0 saturated heterocycles. The third kappa shape index (κ3) is 8.20. The fraction of sp³-hybridized carbons (Fsp3) is 0.400. The maximum absolute atomic E-state index is 11.7. The van der Waals surface area contributed by atoms with Gasteiger partial charge < -0.3 is 30.8 Å². The minimum atomic E-state index is -3.77. The van der Waals surface area contributed by atoms with Crippen LogP contribution in [0.15, 0.2) is 29.2 Å². The van der Waals surface area contributed by atoms with Gasteiger partial charge in [0.1, 0.15) is 23.8 Å². The number of ether oxygens (including phenoxy) is 2. The van der Waals surface area contributed by atoms with Crippen LogP contribution in [0.25, 0.3) is 0 Å². The SMILES string of the molecule is CNc1nc(OCCNC(=O)OC(C)(C)C)nc(NCc2ccc(S(N)(=O)=O)cc2)c1C=N. The van der Waals surface area contributed by atoms with E-state index in [-0.39, 0.29) is 24.1 Å². The number of nitrogens with zero attached hydrogens (tertiary/aromatic N) is 2. The predicted octanol–water partition coefficient (Wildman–Crippen LogP) is 1.68. The molecule has 0 aliphatic carbocycles. The van der Waals surface area contributed by atoms with Gasteiger partial charge in [-0.25, -0.2) is 18.4 Å². The summed E-state index contributed by atoms with van der Waals surface area (Å²) >= 11 is 0. The van der Waals surface area contributed by atoms with Crippen LogP contribution in [0, 0.1) is 5.41 Å². The molecule has 0 unspecified atom stereocenters. The first-order valence-electron chi connectivity index (χ1n) is 9.98. The lowest BCUT2D eigenvalue weighted by molar-refractivity contribution is 0.0519. The number of nitrogens with one attached hydrogen (secondary N) is 4. The van der Waals surface area contributed by atoms with Crippen LogP contribution in [-0.2, 0) is 21.3 Å². The van der Waals surface area contributed by atoms with E-state index in [0.717, 1.165) is 11.8 Å². The van der Waals surface area contributed by atoms with Gasteiger partial charge in [-0.3, -0.25) is 0 Å². The average Bonchev–Trinajstić information content (AvgIpc) is 2.73. The van der Waals surface area contributed by atoms with Gasteiger partial charge in [0.25, 0.3) is 0 Å². The van der Waals surface area contributed by atoms with Crippen molar-refractivity contribution in [3.05, 3.63) is 35.4 Å². The number of alkyl carbamates (subject to hydrolysis) is 1. The molecule has 0 radical (unpaired) electrons. The summed E-state index contributed by atoms with van der Waals surface area (Å²) in [5.41, 5.74) is 0.586. The lowest BCUT2D eigenvalue weighted by Gasteiger charge is -2.19. The second-order valence-corrected chi connectivity index (χ2v) is 9.39. The molecule has 1 aromatic heterocycles. The van der Waals surface area contributed by atoms with E-state index in [1.54, 1.807) is 40.0 Å². The molecule has 0 spiro atoms. The van der Waals surface area contributed by atoms with Gasteiger partial charge in [0.05, 0.1) is 17.0 Å². The van der Waals surface area contributed by atoms with Crippen LogP contribution in [0.3, 0.4) is 0 Å². The van der Waals surface area contributed by atoms with Crippen molar-refractivity contribution in [2.45, 2.75) is 37.8 Å². The zero-order valence-electron chi connectivity index (χ0n) is 18.9. The molecule has 1 aromatic carbocycles. The standard InChI is InChI=1S/C20H29N7O5S/c1-20(2,3)32-19(28)24-9-10-31-18-26-16(23-4)15(11-21)17(27-18)25-12-13-5-7-14(8-6-13)33(22,29)30/h5-8,11,21H,9-10,12H2,1-4H3,(H,24,28)(H2,22,29,30)(H2,23,25,26,27). The highest BCUT2D eigenvalue weighted by atomic mass is 32.2. The Balaban J connectivity index is 2.06. The van der Waals surface area contributed by atoms with Crippen LogP contribution in [0.2, 0.25) is 0 Å². The number of aromatic nitrogens is 2. The molecule has 12 nitrogen and oxygen atoms in total. The zero-order valence-corrected chi connectivity index (χ0v) is 19.7. The van der Waals surface area contributed by atoms with Crippen LogP contribution in [0.1, 0.15) is 31.9 Å². The Hall–Kier alpha value is -3.45. The number of carbonyl (C=O) groups excluding carboxylic acids is 1. The van der Waals surface area contributed by atoms with Crippen molar-refractivity contribution < 1.29 is 22.7 Å². The highest BCUT2D eigenvalue weighted by molar-refractivity contribution is 7.89. The smallest absolute Gasteiger partial charge is 0.407 e. The fourth-order valence-electron chi connectivity index (χ4n) is 2.57. The first-order chi connectivity index (χ1) is 15.4. The van der Waals surface area contributed by atoms with Gasteiger partial charge in [-0.1, -0.05) is 12.1 Å². The Morgan fingerprint density at radius 2 is 1.82 bits per heavy atom. The normalized spacial score (nSPS) is 11.4. The van der Waals surface area contributed by atoms with Gasteiger partial charge in [-0.2, -0.15) is 9.97 Å². The number of hydrogen-bond acceptors (Lipinski definition) is 10. The molecule has 0 fully saturated rings. The molecule has 2 rings (SSSR count). The Kier molecular flexibility index (Phi) is 8.54. The summed E-state index contributed by atoms with van der Waals surface area (Å²) in [4.78, 5) is 20.3. The van der Waals surface area contributed by atoms with Crippen LogP contribution >= 0.6 is 0 Å². The monoisotopic (exact) mass is 479 g/mol. The van der Waals surface area contributed by atoms with Crippen LogP contribution in [0.5, 0.6) is 6.01 Å². The number of rotatable bonds is 10. The molecule has 1 amide bonds. The topological polar surface area (TPSA) is 181 Å². The Morgan fingerprint density at radius 3 is 2.36 bits per heavy atom. The van der Waals surface area contributed by atoms with E-state index in [1.807, 2.05) is 0 Å². The summed E-state index contributed by atoms with van der Waals surface area (Å²) in [5.74, 6) is 0.720. The van der Waals surface area contributed by atoms with Crippen LogP contribution < -0.4 is 25.8 Å². The van der Waals surface area contributed by atoms with E-state index < -0.39 is 21.7 Å². The molecule has 0 aliphatic heterocycles. The highest BCUT2D eigenvalue weighted by Crippen LogP contribution is 2.23. The maximum atomic E-state index is 11.7. The van der Waals surface area contributed by atoms with Crippen molar-refractivity contribution >= 4 is 34.0 Å². The summed E-state index contributed by atoms with van der Waals surface area (Å²) in [6.45, 7) is 5.88. The lowest BCUT2D eigenvalue weighted by atomic mass is 10.2. The van der Waals surface area contributed by atoms with Crippen LogP contribution in [-0.4, -0.2) is 56.5 Å². The minimum Gasteiger partial charge on any atom is -0.461 e. The largest absolute Gasteiger partial charge is 0.461 e. The molecule has 0 bridgehead atoms. The van der Waals surface area contributed by atoms with Crippen molar-refractivity contribution in [1.29, 1.82) is 5.41 Å². The molecule has 33 heavy (non-hydrogen) atoms. The fourth-order valence-corrected chi connectivity index (χ4v) is 3.08. The van der Waals surface area contributed by atoms with E-state index in [4.69, 9.17) is 20.0 Å². The number of hydrogen-bond donors (Lipinski definition) is 5. The van der Waals surface area contributed by atoms with Crippen LogP contribution in [0.4, 0.5) is 16.4 Å². The Bertz CT molecular complexity index is 1080.